The van der Waals surface area contributed by atoms with Crippen molar-refractivity contribution in [3.05, 3.63) is 29.3 Å². The van der Waals surface area contributed by atoms with Crippen molar-refractivity contribution in [1.29, 1.82) is 0 Å². The molecule has 3 fully saturated rings. The normalized spacial score (nSPS) is 25.6. The highest BCUT2D eigenvalue weighted by atomic mass is 16.5. The molecule has 4 aliphatic rings. The number of anilines is 1. The summed E-state index contributed by atoms with van der Waals surface area (Å²) in [6.45, 7) is 1.29. The quantitative estimate of drug-likeness (QED) is 0.376. The molecule has 5 rings (SSSR count). The van der Waals surface area contributed by atoms with E-state index in [1.165, 1.54) is 6.42 Å². The van der Waals surface area contributed by atoms with Gasteiger partial charge in [-0.15, -0.1) is 0 Å². The average Bonchev–Trinajstić information content (AvgIpc) is 3.15. The van der Waals surface area contributed by atoms with Gasteiger partial charge in [-0.1, -0.05) is 25.3 Å². The molecule has 2 saturated carbocycles. The van der Waals surface area contributed by atoms with Crippen molar-refractivity contribution in [3.8, 4) is 0 Å². The zero-order valence-electron chi connectivity index (χ0n) is 21.9. The van der Waals surface area contributed by atoms with Gasteiger partial charge < -0.3 is 15.0 Å². The number of rotatable bonds is 9. The monoisotopic (exact) mass is 524 g/mol. The van der Waals surface area contributed by atoms with Crippen molar-refractivity contribution >= 4 is 35.2 Å². The predicted molar refractivity (Wildman–Crippen MR) is 138 cm³/mol. The molecule has 0 bridgehead atoms. The van der Waals surface area contributed by atoms with Crippen molar-refractivity contribution in [3.63, 3.8) is 0 Å². The Labute approximate surface area is 222 Å². The molecule has 0 aromatic heterocycles. The van der Waals surface area contributed by atoms with E-state index in [0.717, 1.165) is 49.8 Å². The average molecular weight is 525 g/mol. The highest BCUT2D eigenvalue weighted by molar-refractivity contribution is 6.25. The number of imide groups is 2. The first-order chi connectivity index (χ1) is 18.3. The van der Waals surface area contributed by atoms with Gasteiger partial charge in [0.15, 0.2) is 0 Å². The first-order valence-electron chi connectivity index (χ1n) is 13.8. The minimum atomic E-state index is -0.980. The van der Waals surface area contributed by atoms with E-state index < -0.39 is 29.7 Å². The van der Waals surface area contributed by atoms with Crippen molar-refractivity contribution in [2.45, 2.75) is 82.4 Å². The number of carbonyl (C=O) groups excluding carboxylic acids is 5. The Hall–Kier alpha value is -3.27. The minimum Gasteiger partial charge on any atom is -0.381 e. The highest BCUT2D eigenvalue weighted by Gasteiger charge is 2.46. The lowest BCUT2D eigenvalue weighted by molar-refractivity contribution is -0.137. The van der Waals surface area contributed by atoms with E-state index in [1.807, 2.05) is 11.9 Å². The summed E-state index contributed by atoms with van der Waals surface area (Å²) in [4.78, 5) is 65.4. The van der Waals surface area contributed by atoms with Gasteiger partial charge in [0.2, 0.25) is 17.7 Å². The largest absolute Gasteiger partial charge is 0.381 e. The summed E-state index contributed by atoms with van der Waals surface area (Å²) in [7, 11) is 1.88. The lowest BCUT2D eigenvalue weighted by atomic mass is 9.88. The number of nitrogens with zero attached hydrogens (tertiary/aromatic N) is 2. The summed E-state index contributed by atoms with van der Waals surface area (Å²) >= 11 is 0. The Bertz CT molecular complexity index is 1120. The summed E-state index contributed by atoms with van der Waals surface area (Å²) in [5.74, 6) is -1.59. The van der Waals surface area contributed by atoms with Crippen LogP contribution in [0.1, 0.15) is 84.9 Å². The Morgan fingerprint density at radius 3 is 2.58 bits per heavy atom. The number of benzene rings is 1. The van der Waals surface area contributed by atoms with Gasteiger partial charge in [-0.05, 0) is 50.7 Å². The van der Waals surface area contributed by atoms with Crippen LogP contribution in [-0.4, -0.2) is 77.7 Å². The Kier molecular flexibility index (Phi) is 7.78. The Morgan fingerprint density at radius 1 is 1.08 bits per heavy atom. The topological polar surface area (TPSA) is 125 Å². The van der Waals surface area contributed by atoms with E-state index in [2.05, 4.69) is 10.6 Å². The standard InChI is InChI=1S/C28H36N4O6/c1-31(26(35)17-7-3-2-4-8-17)13-6-14-38-19-15-18(16-19)29-21-10-5-9-20-24(21)28(37)32(27(20)36)22-11-12-23(33)30-25(22)34/h5,9-10,17-19,22,29H,2-4,6-8,11-16H2,1H3,(H,30,33,34). The summed E-state index contributed by atoms with van der Waals surface area (Å²) in [5, 5.41) is 5.59. The number of amides is 5. The van der Waals surface area contributed by atoms with Crippen LogP contribution in [0.5, 0.6) is 0 Å². The van der Waals surface area contributed by atoms with Crippen molar-refractivity contribution in [2.75, 3.05) is 25.5 Å². The van der Waals surface area contributed by atoms with E-state index in [0.29, 0.717) is 18.8 Å². The second kappa shape index (κ2) is 11.2. The van der Waals surface area contributed by atoms with Crippen LogP contribution in [-0.2, 0) is 19.1 Å². The van der Waals surface area contributed by atoms with E-state index >= 15 is 0 Å². The highest BCUT2D eigenvalue weighted by Crippen LogP contribution is 2.35. The van der Waals surface area contributed by atoms with Crippen molar-refractivity contribution < 1.29 is 28.7 Å². The van der Waals surface area contributed by atoms with Crippen LogP contribution in [0.4, 0.5) is 5.69 Å². The number of carbonyl (C=O) groups is 5. The minimum absolute atomic E-state index is 0.0888. The molecular formula is C28H36N4O6. The van der Waals surface area contributed by atoms with Crippen LogP contribution >= 0.6 is 0 Å². The maximum Gasteiger partial charge on any atom is 0.264 e. The molecule has 2 aliphatic heterocycles. The third kappa shape index (κ3) is 5.32. The van der Waals surface area contributed by atoms with E-state index in [-0.39, 0.29) is 47.9 Å². The van der Waals surface area contributed by atoms with Crippen LogP contribution < -0.4 is 10.6 Å². The molecule has 204 valence electrons. The summed E-state index contributed by atoms with van der Waals surface area (Å²) < 4.78 is 5.99. The second-order valence-electron chi connectivity index (χ2n) is 10.9. The van der Waals surface area contributed by atoms with Gasteiger partial charge in [-0.3, -0.25) is 34.2 Å². The van der Waals surface area contributed by atoms with Gasteiger partial charge >= 0.3 is 0 Å². The third-order valence-corrected chi connectivity index (χ3v) is 8.24. The fraction of sp³-hybridized carbons (Fsp3) is 0.607. The third-order valence-electron chi connectivity index (χ3n) is 8.24. The first kappa shape index (κ1) is 26.3. The number of nitrogens with one attached hydrogen (secondary N) is 2. The molecule has 10 heteroatoms. The van der Waals surface area contributed by atoms with Gasteiger partial charge in [0.25, 0.3) is 11.8 Å². The number of hydrogen-bond acceptors (Lipinski definition) is 7. The van der Waals surface area contributed by atoms with Gasteiger partial charge in [-0.25, -0.2) is 0 Å². The maximum atomic E-state index is 13.2. The molecule has 1 atom stereocenters. The maximum absolute atomic E-state index is 13.2. The van der Waals surface area contributed by atoms with E-state index in [9.17, 15) is 24.0 Å². The molecule has 2 N–H and O–H groups in total. The molecule has 1 saturated heterocycles. The Morgan fingerprint density at radius 2 is 1.84 bits per heavy atom. The smallest absolute Gasteiger partial charge is 0.264 e. The number of fused-ring (bicyclic) bond motifs is 1. The van der Waals surface area contributed by atoms with Gasteiger partial charge in [0, 0.05) is 44.3 Å². The second-order valence-corrected chi connectivity index (χ2v) is 10.9. The molecule has 0 spiro atoms. The molecule has 5 amide bonds. The molecule has 38 heavy (non-hydrogen) atoms. The SMILES string of the molecule is CN(CCCOC1CC(Nc2cccc3c2C(=O)N(C2CCC(=O)NC2=O)C3=O)C1)C(=O)C1CCCCC1. The molecule has 1 aromatic rings. The molecular weight excluding hydrogens is 488 g/mol. The van der Waals surface area contributed by atoms with Gasteiger partial charge in [-0.2, -0.15) is 0 Å². The predicted octanol–water partition coefficient (Wildman–Crippen LogP) is 2.48. The van der Waals surface area contributed by atoms with Crippen LogP contribution in [0, 0.1) is 5.92 Å². The molecule has 2 heterocycles. The summed E-state index contributed by atoms with van der Waals surface area (Å²) in [5.41, 5.74) is 1.11. The lowest BCUT2D eigenvalue weighted by Gasteiger charge is -2.36. The number of hydrogen-bond donors (Lipinski definition) is 2. The fourth-order valence-electron chi connectivity index (χ4n) is 6.00. The first-order valence-corrected chi connectivity index (χ1v) is 13.8. The van der Waals surface area contributed by atoms with Crippen LogP contribution in [0.25, 0.3) is 0 Å². The fourth-order valence-corrected chi connectivity index (χ4v) is 6.00. The van der Waals surface area contributed by atoms with Gasteiger partial charge in [0.05, 0.1) is 17.2 Å². The zero-order valence-corrected chi connectivity index (χ0v) is 21.9. The number of piperidine rings is 1. The van der Waals surface area contributed by atoms with E-state index in [4.69, 9.17) is 4.74 Å². The molecule has 1 unspecified atom stereocenters. The summed E-state index contributed by atoms with van der Waals surface area (Å²) in [6.07, 6.45) is 8.24. The van der Waals surface area contributed by atoms with Crippen LogP contribution in [0.3, 0.4) is 0 Å². The molecule has 10 nitrogen and oxygen atoms in total. The van der Waals surface area contributed by atoms with Crippen LogP contribution in [0.15, 0.2) is 18.2 Å². The zero-order chi connectivity index (χ0) is 26.8. The lowest BCUT2D eigenvalue weighted by Crippen LogP contribution is -2.54. The van der Waals surface area contributed by atoms with Gasteiger partial charge in [0.1, 0.15) is 6.04 Å². The molecule has 2 aliphatic carbocycles. The van der Waals surface area contributed by atoms with Crippen LogP contribution in [0.2, 0.25) is 0 Å². The summed E-state index contributed by atoms with van der Waals surface area (Å²) in [6, 6.07) is 4.21. The molecule has 0 radical (unpaired) electrons. The molecule has 1 aromatic carbocycles. The Balaban J connectivity index is 1.08. The van der Waals surface area contributed by atoms with Crippen molar-refractivity contribution in [1.82, 2.24) is 15.1 Å². The van der Waals surface area contributed by atoms with Crippen molar-refractivity contribution in [2.24, 2.45) is 5.92 Å². The number of ether oxygens (including phenoxy) is 1. The van der Waals surface area contributed by atoms with E-state index in [1.54, 1.807) is 18.2 Å².